The van der Waals surface area contributed by atoms with E-state index < -0.39 is 12.4 Å². The molecule has 2 aliphatic heterocycles. The number of aliphatic hydroxyl groups is 1. The van der Waals surface area contributed by atoms with Gasteiger partial charge in [0, 0.05) is 42.8 Å². The largest absolute Gasteiger partial charge is 0.445 e. The van der Waals surface area contributed by atoms with Gasteiger partial charge in [-0.1, -0.05) is 68.1 Å². The zero-order valence-corrected chi connectivity index (χ0v) is 25.4. The first-order chi connectivity index (χ1) is 21.9. The Labute approximate surface area is 262 Å². The van der Waals surface area contributed by atoms with E-state index in [0.29, 0.717) is 12.2 Å². The second-order valence-corrected chi connectivity index (χ2v) is 11.8. The molecule has 0 aliphatic carbocycles. The van der Waals surface area contributed by atoms with Crippen molar-refractivity contribution in [2.75, 3.05) is 31.6 Å². The molecule has 236 valence electrons. The van der Waals surface area contributed by atoms with E-state index in [-0.39, 0.29) is 43.1 Å². The number of nitrogens with one attached hydrogen (secondary N) is 2. The Hall–Kier alpha value is -4.22. The van der Waals surface area contributed by atoms with Crippen molar-refractivity contribution in [2.24, 2.45) is 5.92 Å². The molecule has 2 saturated heterocycles. The predicted octanol–water partition coefficient (Wildman–Crippen LogP) is 5.68. The van der Waals surface area contributed by atoms with Crippen molar-refractivity contribution in [3.63, 3.8) is 0 Å². The number of ether oxygens (including phenoxy) is 3. The monoisotopic (exact) mass is 612 g/mol. The van der Waals surface area contributed by atoms with Crippen LogP contribution in [-0.2, 0) is 20.8 Å². The highest BCUT2D eigenvalue weighted by atomic mass is 16.7. The number of fused-ring (bicyclic) bond motifs is 1. The first-order valence-corrected chi connectivity index (χ1v) is 15.5. The quantitative estimate of drug-likeness (QED) is 0.208. The zero-order valence-electron chi connectivity index (χ0n) is 25.4. The van der Waals surface area contributed by atoms with E-state index in [0.717, 1.165) is 53.7 Å². The number of piperidine rings is 1. The second kappa shape index (κ2) is 13.8. The van der Waals surface area contributed by atoms with Crippen LogP contribution in [0.25, 0.3) is 11.0 Å². The zero-order chi connectivity index (χ0) is 31.3. The van der Waals surface area contributed by atoms with Crippen LogP contribution in [0.15, 0.2) is 90.2 Å². The molecule has 0 spiro atoms. The van der Waals surface area contributed by atoms with Crippen LogP contribution in [0.5, 0.6) is 0 Å². The summed E-state index contributed by atoms with van der Waals surface area (Å²) >= 11 is 0. The van der Waals surface area contributed by atoms with Crippen LogP contribution < -0.4 is 11.0 Å². The van der Waals surface area contributed by atoms with Crippen molar-refractivity contribution in [3.8, 4) is 0 Å². The van der Waals surface area contributed by atoms with E-state index in [2.05, 4.69) is 28.7 Å². The first-order valence-electron chi connectivity index (χ1n) is 15.5. The van der Waals surface area contributed by atoms with E-state index in [4.69, 9.17) is 14.2 Å². The van der Waals surface area contributed by atoms with E-state index in [1.807, 2.05) is 71.3 Å². The van der Waals surface area contributed by atoms with Gasteiger partial charge in [0.25, 0.3) is 0 Å². The Balaban J connectivity index is 1.19. The van der Waals surface area contributed by atoms with Crippen molar-refractivity contribution in [1.82, 2.24) is 14.5 Å². The summed E-state index contributed by atoms with van der Waals surface area (Å²) in [6, 6.07) is 23.2. The average molecular weight is 613 g/mol. The normalized spacial score (nSPS) is 22.7. The van der Waals surface area contributed by atoms with E-state index >= 15 is 0 Å². The van der Waals surface area contributed by atoms with Crippen LogP contribution in [0.2, 0.25) is 0 Å². The number of benzene rings is 3. The van der Waals surface area contributed by atoms with Crippen molar-refractivity contribution >= 4 is 22.8 Å². The standard InChI is InChI=1S/C35H40N4O6/c1-3-19-43-35(42)36-27-8-6-7-26(20-27)33-44-31(23(2)32(45-33)25-13-11-24(22-40)12-14-25)21-38-17-15-28(16-18-38)39-30-10-5-4-9-29(30)37-34(39)41/h3-14,20,23,28,31-33,40H,1,15-19,21-22H2,2H3,(H,36,42)(H,37,41)/t23-,31+,32+,33+/m0/s1. The lowest BCUT2D eigenvalue weighted by Crippen LogP contribution is -2.47. The van der Waals surface area contributed by atoms with Crippen LogP contribution >= 0.6 is 0 Å². The van der Waals surface area contributed by atoms with Gasteiger partial charge in [0.1, 0.15) is 6.61 Å². The molecule has 0 unspecified atom stereocenters. The number of hydrogen-bond donors (Lipinski definition) is 3. The number of aromatic nitrogens is 2. The maximum absolute atomic E-state index is 12.8. The van der Waals surface area contributed by atoms with Crippen LogP contribution in [-0.4, -0.2) is 58.0 Å². The predicted molar refractivity (Wildman–Crippen MR) is 172 cm³/mol. The second-order valence-electron chi connectivity index (χ2n) is 11.8. The summed E-state index contributed by atoms with van der Waals surface area (Å²) in [6.07, 6.45) is 1.62. The smallest absolute Gasteiger partial charge is 0.411 e. The van der Waals surface area contributed by atoms with E-state index in [1.54, 1.807) is 6.07 Å². The van der Waals surface area contributed by atoms with Gasteiger partial charge in [0.2, 0.25) is 0 Å². The summed E-state index contributed by atoms with van der Waals surface area (Å²) in [4.78, 5) is 30.4. The third-order valence-electron chi connectivity index (χ3n) is 8.85. The number of carbonyl (C=O) groups excluding carboxylic acids is 1. The van der Waals surface area contributed by atoms with Crippen LogP contribution in [0.3, 0.4) is 0 Å². The van der Waals surface area contributed by atoms with E-state index in [9.17, 15) is 14.7 Å². The highest BCUT2D eigenvalue weighted by Crippen LogP contribution is 2.42. The fraction of sp³-hybridized carbons (Fsp3) is 0.371. The van der Waals surface area contributed by atoms with Gasteiger partial charge in [0.05, 0.1) is 29.8 Å². The van der Waals surface area contributed by atoms with Crippen molar-refractivity contribution < 1.29 is 24.1 Å². The average Bonchev–Trinajstić information content (AvgIpc) is 3.41. The molecule has 4 atom stereocenters. The van der Waals surface area contributed by atoms with Gasteiger partial charge in [-0.25, -0.2) is 9.59 Å². The molecule has 1 aromatic heterocycles. The number of amides is 1. The molecular formula is C35H40N4O6. The lowest BCUT2D eigenvalue weighted by Gasteiger charge is -2.44. The number of rotatable bonds is 9. The molecule has 3 aromatic carbocycles. The molecular weight excluding hydrogens is 572 g/mol. The van der Waals surface area contributed by atoms with Gasteiger partial charge in [-0.05, 0) is 48.2 Å². The Kier molecular flexibility index (Phi) is 9.46. The first kappa shape index (κ1) is 30.8. The molecule has 3 heterocycles. The Morgan fingerprint density at radius 1 is 1.07 bits per heavy atom. The Morgan fingerprint density at radius 3 is 2.60 bits per heavy atom. The molecule has 6 rings (SSSR count). The number of aliphatic hydroxyl groups excluding tert-OH is 1. The number of nitrogens with zero attached hydrogens (tertiary/aromatic N) is 2. The highest BCUT2D eigenvalue weighted by Gasteiger charge is 2.39. The SMILES string of the molecule is C=CCOC(=O)Nc1cccc([C@@H]2O[C@H](CN3CCC(n4c(=O)[nH]c5ccccc54)CC3)[C@H](C)[C@H](c3ccc(CO)cc3)O2)c1. The molecule has 0 saturated carbocycles. The van der Waals surface area contributed by atoms with Crippen LogP contribution in [0, 0.1) is 5.92 Å². The van der Waals surface area contributed by atoms with Gasteiger partial charge in [0.15, 0.2) is 6.29 Å². The fourth-order valence-electron chi connectivity index (χ4n) is 6.43. The molecule has 0 bridgehead atoms. The summed E-state index contributed by atoms with van der Waals surface area (Å²) in [5, 5.41) is 12.3. The lowest BCUT2D eigenvalue weighted by atomic mass is 9.89. The van der Waals surface area contributed by atoms with Gasteiger partial charge in [-0.15, -0.1) is 0 Å². The van der Waals surface area contributed by atoms with Gasteiger partial charge < -0.3 is 29.2 Å². The van der Waals surface area contributed by atoms with Crippen LogP contribution in [0.4, 0.5) is 10.5 Å². The molecule has 2 aliphatic rings. The summed E-state index contributed by atoms with van der Waals surface area (Å²) in [5.74, 6) is 0.0328. The maximum Gasteiger partial charge on any atom is 0.411 e. The van der Waals surface area contributed by atoms with Gasteiger partial charge in [-0.3, -0.25) is 9.88 Å². The summed E-state index contributed by atoms with van der Waals surface area (Å²) in [6.45, 7) is 8.22. The number of H-pyrrole nitrogens is 1. The molecule has 0 radical (unpaired) electrons. The van der Waals surface area contributed by atoms with Crippen molar-refractivity contribution in [1.29, 1.82) is 0 Å². The minimum atomic E-state index is -0.665. The molecule has 45 heavy (non-hydrogen) atoms. The molecule has 10 heteroatoms. The Bertz CT molecular complexity index is 1670. The maximum atomic E-state index is 12.8. The molecule has 2 fully saturated rings. The summed E-state index contributed by atoms with van der Waals surface area (Å²) < 4.78 is 20.3. The molecule has 4 aromatic rings. The minimum Gasteiger partial charge on any atom is -0.445 e. The van der Waals surface area contributed by atoms with Crippen molar-refractivity contribution in [3.05, 3.63) is 113 Å². The summed E-state index contributed by atoms with van der Waals surface area (Å²) in [7, 11) is 0. The number of aromatic amines is 1. The molecule has 3 N–H and O–H groups in total. The number of hydrogen-bond acceptors (Lipinski definition) is 7. The fourth-order valence-corrected chi connectivity index (χ4v) is 6.43. The number of carbonyl (C=O) groups is 1. The number of para-hydroxylation sites is 2. The number of anilines is 1. The van der Waals surface area contributed by atoms with Crippen molar-refractivity contribution in [2.45, 2.75) is 50.9 Å². The summed E-state index contributed by atoms with van der Waals surface area (Å²) in [5.41, 5.74) is 4.96. The Morgan fingerprint density at radius 2 is 1.84 bits per heavy atom. The molecule has 10 nitrogen and oxygen atoms in total. The minimum absolute atomic E-state index is 0.0224. The third-order valence-corrected chi connectivity index (χ3v) is 8.85. The van der Waals surface area contributed by atoms with Crippen LogP contribution in [0.1, 0.15) is 54.9 Å². The lowest BCUT2D eigenvalue weighted by molar-refractivity contribution is -0.276. The van der Waals surface area contributed by atoms with Gasteiger partial charge in [-0.2, -0.15) is 0 Å². The molecule has 1 amide bonds. The number of imidazole rings is 1. The van der Waals surface area contributed by atoms with E-state index in [1.165, 1.54) is 6.08 Å². The third kappa shape index (κ3) is 6.89. The van der Waals surface area contributed by atoms with Gasteiger partial charge >= 0.3 is 11.8 Å². The topological polar surface area (TPSA) is 118 Å². The number of likely N-dealkylation sites (tertiary alicyclic amines) is 1. The highest BCUT2D eigenvalue weighted by molar-refractivity contribution is 5.84.